The zero-order valence-corrected chi connectivity index (χ0v) is 15.3. The highest BCUT2D eigenvalue weighted by Crippen LogP contribution is 2.22. The Morgan fingerprint density at radius 1 is 1.22 bits per heavy atom. The van der Waals surface area contributed by atoms with E-state index >= 15 is 0 Å². The molecule has 3 aromatic rings. The molecule has 0 aliphatic rings. The summed E-state index contributed by atoms with van der Waals surface area (Å²) in [5, 5.41) is 11.4. The molecule has 8 nitrogen and oxygen atoms in total. The first-order valence-corrected chi connectivity index (χ1v) is 8.97. The van der Waals surface area contributed by atoms with Crippen LogP contribution in [0.4, 0.5) is 5.69 Å². The van der Waals surface area contributed by atoms with Gasteiger partial charge in [0.25, 0.3) is 5.69 Å². The van der Waals surface area contributed by atoms with Crippen LogP contribution in [-0.4, -0.2) is 26.1 Å². The van der Waals surface area contributed by atoms with Crippen molar-refractivity contribution in [2.75, 3.05) is 5.75 Å². The minimum absolute atomic E-state index is 0.00515. The van der Waals surface area contributed by atoms with Crippen LogP contribution in [-0.2, 0) is 11.8 Å². The first kappa shape index (κ1) is 18.5. The molecule has 3 rings (SSSR count). The van der Waals surface area contributed by atoms with Gasteiger partial charge >= 0.3 is 0 Å². The quantitative estimate of drug-likeness (QED) is 0.369. The number of carbonyl (C=O) groups is 1. The number of carbonyl (C=O) groups excluding carboxylic acids is 1. The summed E-state index contributed by atoms with van der Waals surface area (Å²) in [4.78, 5) is 26.8. The molecular weight excluding hydrogens is 366 g/mol. The van der Waals surface area contributed by atoms with Crippen molar-refractivity contribution >= 4 is 40.1 Å². The minimum atomic E-state index is -0.472. The predicted molar refractivity (Wildman–Crippen MR) is 105 cm³/mol. The molecule has 0 radical (unpaired) electrons. The Balaban J connectivity index is 1.52. The number of nitro groups is 1. The number of rotatable bonds is 7. The molecule has 1 aromatic heterocycles. The second-order valence-corrected chi connectivity index (χ2v) is 6.63. The number of fused-ring (bicyclic) bond motifs is 1. The second kappa shape index (κ2) is 7.92. The summed E-state index contributed by atoms with van der Waals surface area (Å²) < 4.78 is 1.94. The Labute approximate surface area is 159 Å². The zero-order valence-electron chi connectivity index (χ0n) is 14.5. The largest absolute Gasteiger partial charge is 0.322 e. The van der Waals surface area contributed by atoms with Crippen LogP contribution < -0.4 is 10.9 Å². The number of hydrazine groups is 1. The molecule has 0 aliphatic carbocycles. The fourth-order valence-electron chi connectivity index (χ4n) is 2.42. The standard InChI is InChI=1S/C18H17N5O3S/c1-12(13-7-9-14(10-8-13)23(25)26)20-21-17(24)11-27-18-19-15-5-3-4-6-16(15)22(18)2/h3-10,20H,1,11H2,2H3,(H,21,24). The number of hydrogen-bond donors (Lipinski definition) is 2. The van der Waals surface area contributed by atoms with E-state index in [0.29, 0.717) is 11.3 Å². The number of non-ortho nitro benzene ring substituents is 1. The van der Waals surface area contributed by atoms with E-state index in [2.05, 4.69) is 22.4 Å². The van der Waals surface area contributed by atoms with Gasteiger partial charge in [-0.3, -0.25) is 25.8 Å². The van der Waals surface area contributed by atoms with Crippen molar-refractivity contribution in [2.24, 2.45) is 7.05 Å². The van der Waals surface area contributed by atoms with Crippen LogP contribution >= 0.6 is 11.8 Å². The van der Waals surface area contributed by atoms with Gasteiger partial charge in [-0.2, -0.15) is 0 Å². The molecule has 0 saturated heterocycles. The lowest BCUT2D eigenvalue weighted by Gasteiger charge is -2.11. The number of nitrogens with zero attached hydrogens (tertiary/aromatic N) is 3. The average Bonchev–Trinajstić information content (AvgIpc) is 3.00. The SMILES string of the molecule is C=C(NNC(=O)CSc1nc2ccccc2n1C)c1ccc([N+](=O)[O-])cc1. The third-order valence-electron chi connectivity index (χ3n) is 3.86. The zero-order chi connectivity index (χ0) is 19.4. The molecule has 0 aliphatic heterocycles. The summed E-state index contributed by atoms with van der Waals surface area (Å²) in [5.74, 6) is -0.0624. The maximum Gasteiger partial charge on any atom is 0.269 e. The number of imidazole rings is 1. The summed E-state index contributed by atoms with van der Waals surface area (Å²) in [5.41, 5.74) is 8.24. The third kappa shape index (κ3) is 4.26. The maximum atomic E-state index is 12.1. The Morgan fingerprint density at radius 2 is 1.93 bits per heavy atom. The summed E-state index contributed by atoms with van der Waals surface area (Å²) in [6.45, 7) is 3.81. The Hall–Kier alpha value is -3.33. The van der Waals surface area contributed by atoms with E-state index in [9.17, 15) is 14.9 Å². The monoisotopic (exact) mass is 383 g/mol. The van der Waals surface area contributed by atoms with Crippen molar-refractivity contribution in [3.63, 3.8) is 0 Å². The van der Waals surface area contributed by atoms with E-state index < -0.39 is 4.92 Å². The molecule has 138 valence electrons. The lowest BCUT2D eigenvalue weighted by Crippen LogP contribution is -2.37. The van der Waals surface area contributed by atoms with Crippen LogP contribution in [0.2, 0.25) is 0 Å². The smallest absolute Gasteiger partial charge is 0.269 e. The summed E-state index contributed by atoms with van der Waals surface area (Å²) in [6.07, 6.45) is 0. The Morgan fingerprint density at radius 3 is 2.59 bits per heavy atom. The van der Waals surface area contributed by atoms with Crippen LogP contribution in [0.3, 0.4) is 0 Å². The van der Waals surface area contributed by atoms with Gasteiger partial charge in [0.2, 0.25) is 5.91 Å². The first-order chi connectivity index (χ1) is 13.0. The molecule has 0 spiro atoms. The van der Waals surface area contributed by atoms with Gasteiger partial charge in [0, 0.05) is 19.2 Å². The highest BCUT2D eigenvalue weighted by atomic mass is 32.2. The number of nitro benzene ring substituents is 1. The summed E-state index contributed by atoms with van der Waals surface area (Å²) in [6, 6.07) is 13.7. The topological polar surface area (TPSA) is 102 Å². The molecule has 9 heteroatoms. The van der Waals surface area contributed by atoms with Crippen molar-refractivity contribution in [3.05, 3.63) is 70.8 Å². The normalized spacial score (nSPS) is 10.6. The molecule has 0 fully saturated rings. The van der Waals surface area contributed by atoms with Crippen molar-refractivity contribution in [1.29, 1.82) is 0 Å². The van der Waals surface area contributed by atoms with E-state index in [1.54, 1.807) is 12.1 Å². The molecule has 0 bridgehead atoms. The van der Waals surface area contributed by atoms with Gasteiger partial charge in [0.15, 0.2) is 5.16 Å². The van der Waals surface area contributed by atoms with Crippen LogP contribution in [0.25, 0.3) is 16.7 Å². The maximum absolute atomic E-state index is 12.1. The molecular formula is C18H17N5O3S. The molecule has 0 atom stereocenters. The van der Waals surface area contributed by atoms with Gasteiger partial charge in [-0.25, -0.2) is 4.98 Å². The van der Waals surface area contributed by atoms with Crippen molar-refractivity contribution in [3.8, 4) is 0 Å². The minimum Gasteiger partial charge on any atom is -0.322 e. The van der Waals surface area contributed by atoms with Gasteiger partial charge in [-0.1, -0.05) is 30.5 Å². The molecule has 1 heterocycles. The Kier molecular flexibility index (Phi) is 5.41. The number of para-hydroxylation sites is 2. The van der Waals surface area contributed by atoms with Gasteiger partial charge in [0.1, 0.15) is 0 Å². The van der Waals surface area contributed by atoms with Crippen LogP contribution in [0, 0.1) is 10.1 Å². The fourth-order valence-corrected chi connectivity index (χ4v) is 3.21. The lowest BCUT2D eigenvalue weighted by atomic mass is 10.1. The van der Waals surface area contributed by atoms with Gasteiger partial charge in [-0.15, -0.1) is 0 Å². The van der Waals surface area contributed by atoms with E-state index in [0.717, 1.165) is 16.2 Å². The average molecular weight is 383 g/mol. The fraction of sp³-hybridized carbons (Fsp3) is 0.111. The van der Waals surface area contributed by atoms with Crippen molar-refractivity contribution < 1.29 is 9.72 Å². The van der Waals surface area contributed by atoms with Crippen molar-refractivity contribution in [2.45, 2.75) is 5.16 Å². The first-order valence-electron chi connectivity index (χ1n) is 7.98. The highest BCUT2D eigenvalue weighted by Gasteiger charge is 2.11. The summed E-state index contributed by atoms with van der Waals surface area (Å²) >= 11 is 1.33. The lowest BCUT2D eigenvalue weighted by molar-refractivity contribution is -0.384. The van der Waals surface area contributed by atoms with E-state index in [-0.39, 0.29) is 17.3 Å². The van der Waals surface area contributed by atoms with Crippen LogP contribution in [0.5, 0.6) is 0 Å². The number of amides is 1. The molecule has 2 aromatic carbocycles. The van der Waals surface area contributed by atoms with Crippen LogP contribution in [0.1, 0.15) is 5.56 Å². The highest BCUT2D eigenvalue weighted by molar-refractivity contribution is 7.99. The summed E-state index contributed by atoms with van der Waals surface area (Å²) in [7, 11) is 1.91. The number of benzene rings is 2. The number of aromatic nitrogens is 2. The van der Waals surface area contributed by atoms with E-state index in [4.69, 9.17) is 0 Å². The van der Waals surface area contributed by atoms with Gasteiger partial charge in [0.05, 0.1) is 27.4 Å². The predicted octanol–water partition coefficient (Wildman–Crippen LogP) is 2.87. The Bertz CT molecular complexity index is 1010. The number of aryl methyl sites for hydroxylation is 1. The third-order valence-corrected chi connectivity index (χ3v) is 4.89. The molecule has 27 heavy (non-hydrogen) atoms. The number of thioether (sulfide) groups is 1. The van der Waals surface area contributed by atoms with E-state index in [1.165, 1.54) is 23.9 Å². The van der Waals surface area contributed by atoms with Crippen LogP contribution in [0.15, 0.2) is 60.3 Å². The number of nitrogens with one attached hydrogen (secondary N) is 2. The molecule has 0 unspecified atom stereocenters. The van der Waals surface area contributed by atoms with Gasteiger partial charge < -0.3 is 4.57 Å². The van der Waals surface area contributed by atoms with E-state index in [1.807, 2.05) is 35.9 Å². The molecule has 2 N–H and O–H groups in total. The second-order valence-electron chi connectivity index (χ2n) is 5.69. The molecule has 1 amide bonds. The number of hydrogen-bond acceptors (Lipinski definition) is 6. The van der Waals surface area contributed by atoms with Crippen molar-refractivity contribution in [1.82, 2.24) is 20.4 Å². The molecule has 0 saturated carbocycles. The van der Waals surface area contributed by atoms with Gasteiger partial charge in [-0.05, 0) is 29.8 Å².